The molecule has 1 aliphatic rings. The molecule has 1 heterocycles. The van der Waals surface area contributed by atoms with Crippen LogP contribution in [0.4, 0.5) is 0 Å². The van der Waals surface area contributed by atoms with E-state index in [1.54, 1.807) is 4.90 Å². The van der Waals surface area contributed by atoms with Gasteiger partial charge in [-0.2, -0.15) is 0 Å². The van der Waals surface area contributed by atoms with Gasteiger partial charge in [-0.25, -0.2) is 0 Å². The van der Waals surface area contributed by atoms with Gasteiger partial charge in [0, 0.05) is 11.0 Å². The Labute approximate surface area is 137 Å². The first-order chi connectivity index (χ1) is 9.61. The molecule has 0 unspecified atom stereocenters. The molecule has 0 saturated carbocycles. The average Bonchev–Trinajstić information content (AvgIpc) is 2.66. The quantitative estimate of drug-likeness (QED) is 0.420. The Hall–Kier alpha value is -0.650. The summed E-state index contributed by atoms with van der Waals surface area (Å²) in [5.41, 5.74) is 1.01. The van der Waals surface area contributed by atoms with Crippen LogP contribution in [0.25, 0.3) is 6.08 Å². The lowest BCUT2D eigenvalue weighted by molar-refractivity contribution is -0.122. The van der Waals surface area contributed by atoms with Gasteiger partial charge in [-0.1, -0.05) is 71.8 Å². The third-order valence-corrected chi connectivity index (χ3v) is 4.88. The van der Waals surface area contributed by atoms with Gasteiger partial charge < -0.3 is 0 Å². The molecule has 0 N–H and O–H groups in total. The van der Waals surface area contributed by atoms with E-state index in [-0.39, 0.29) is 5.91 Å². The van der Waals surface area contributed by atoms with Crippen LogP contribution in [0.2, 0.25) is 0 Å². The highest BCUT2D eigenvalue weighted by Gasteiger charge is 2.31. The fourth-order valence-electron chi connectivity index (χ4n) is 1.96. The summed E-state index contributed by atoms with van der Waals surface area (Å²) in [6, 6.07) is 7.89. The Morgan fingerprint density at radius 2 is 2.20 bits per heavy atom. The lowest BCUT2D eigenvalue weighted by atomic mass is 10.2. The van der Waals surface area contributed by atoms with Crippen LogP contribution in [0.15, 0.2) is 33.6 Å². The average molecular weight is 370 g/mol. The molecular weight excluding hydrogens is 354 g/mol. The third kappa shape index (κ3) is 3.93. The van der Waals surface area contributed by atoms with Crippen LogP contribution in [0, 0.1) is 0 Å². The Morgan fingerprint density at radius 1 is 1.40 bits per heavy atom. The molecule has 106 valence electrons. The minimum atomic E-state index is 0.0380. The number of amides is 1. The molecule has 0 aliphatic carbocycles. The van der Waals surface area contributed by atoms with Gasteiger partial charge >= 0.3 is 0 Å². The van der Waals surface area contributed by atoms with Crippen molar-refractivity contribution < 1.29 is 4.79 Å². The second-order valence-corrected chi connectivity index (χ2v) is 7.19. The van der Waals surface area contributed by atoms with Crippen molar-refractivity contribution in [3.05, 3.63) is 39.2 Å². The van der Waals surface area contributed by atoms with Crippen molar-refractivity contribution in [1.82, 2.24) is 4.90 Å². The van der Waals surface area contributed by atoms with Crippen molar-refractivity contribution in [2.75, 3.05) is 6.54 Å². The summed E-state index contributed by atoms with van der Waals surface area (Å²) in [7, 11) is 0. The van der Waals surface area contributed by atoms with Crippen LogP contribution in [-0.4, -0.2) is 21.7 Å². The summed E-state index contributed by atoms with van der Waals surface area (Å²) >= 11 is 10.1. The first-order valence-electron chi connectivity index (χ1n) is 6.62. The van der Waals surface area contributed by atoms with Crippen molar-refractivity contribution in [3.63, 3.8) is 0 Å². The van der Waals surface area contributed by atoms with Crippen molar-refractivity contribution in [3.8, 4) is 0 Å². The first-order valence-corrected chi connectivity index (χ1v) is 8.64. The van der Waals surface area contributed by atoms with E-state index < -0.39 is 0 Å². The van der Waals surface area contributed by atoms with Crippen molar-refractivity contribution in [2.24, 2.45) is 0 Å². The number of carbonyl (C=O) groups excluding carboxylic acids is 1. The van der Waals surface area contributed by atoms with E-state index in [1.165, 1.54) is 11.8 Å². The van der Waals surface area contributed by atoms with Gasteiger partial charge in [-0.05, 0) is 30.2 Å². The molecule has 1 aliphatic heterocycles. The van der Waals surface area contributed by atoms with Crippen LogP contribution in [0.5, 0.6) is 0 Å². The number of halogens is 1. The molecule has 2 rings (SSSR count). The predicted octanol–water partition coefficient (Wildman–Crippen LogP) is 4.84. The summed E-state index contributed by atoms with van der Waals surface area (Å²) < 4.78 is 1.68. The maximum Gasteiger partial charge on any atom is 0.266 e. The van der Waals surface area contributed by atoms with E-state index in [0.717, 1.165) is 35.8 Å². The lowest BCUT2D eigenvalue weighted by Gasteiger charge is -2.13. The molecule has 0 radical (unpaired) electrons. The highest BCUT2D eigenvalue weighted by molar-refractivity contribution is 9.10. The first kappa shape index (κ1) is 15.7. The van der Waals surface area contributed by atoms with Gasteiger partial charge in [0.2, 0.25) is 0 Å². The molecular formula is C15H16BrNOS2. The molecule has 2 nitrogen and oxygen atoms in total. The van der Waals surface area contributed by atoms with Gasteiger partial charge in [0.15, 0.2) is 0 Å². The van der Waals surface area contributed by atoms with E-state index in [1.807, 2.05) is 30.3 Å². The Bertz CT molecular complexity index is 557. The van der Waals surface area contributed by atoms with Gasteiger partial charge in [0.1, 0.15) is 4.32 Å². The summed E-state index contributed by atoms with van der Waals surface area (Å²) in [6.45, 7) is 2.88. The molecule has 0 atom stereocenters. The molecule has 0 bridgehead atoms. The van der Waals surface area contributed by atoms with E-state index in [4.69, 9.17) is 12.2 Å². The number of benzene rings is 1. The van der Waals surface area contributed by atoms with E-state index in [2.05, 4.69) is 22.9 Å². The predicted molar refractivity (Wildman–Crippen MR) is 93.5 cm³/mol. The fraction of sp³-hybridized carbons (Fsp3) is 0.333. The molecule has 5 heteroatoms. The fourth-order valence-corrected chi connectivity index (χ4v) is 3.69. The van der Waals surface area contributed by atoms with Crippen LogP contribution in [-0.2, 0) is 4.79 Å². The molecule has 1 aromatic carbocycles. The zero-order valence-electron chi connectivity index (χ0n) is 11.3. The highest BCUT2D eigenvalue weighted by Crippen LogP contribution is 2.33. The summed E-state index contributed by atoms with van der Waals surface area (Å²) in [5, 5.41) is 0. The molecule has 0 spiro atoms. The SMILES string of the molecule is CCCCCN1C(=O)/C(=C\c2cccc(Br)c2)SC1=S. The Balaban J connectivity index is 2.11. The molecule has 1 aromatic rings. The number of unbranched alkanes of at least 4 members (excludes halogenated alkanes) is 2. The van der Waals surface area contributed by atoms with Crippen LogP contribution >= 0.6 is 39.9 Å². The summed E-state index contributed by atoms with van der Waals surface area (Å²) in [5.74, 6) is 0.0380. The van der Waals surface area contributed by atoms with E-state index in [9.17, 15) is 4.79 Å². The van der Waals surface area contributed by atoms with Crippen LogP contribution in [0.3, 0.4) is 0 Å². The van der Waals surface area contributed by atoms with Crippen molar-refractivity contribution in [2.45, 2.75) is 26.2 Å². The van der Waals surface area contributed by atoms with E-state index >= 15 is 0 Å². The number of rotatable bonds is 5. The Kier molecular flexibility index (Phi) is 5.81. The second kappa shape index (κ2) is 7.38. The number of thiocarbonyl (C=S) groups is 1. The van der Waals surface area contributed by atoms with Gasteiger partial charge in [0.25, 0.3) is 5.91 Å². The lowest BCUT2D eigenvalue weighted by Crippen LogP contribution is -2.28. The number of hydrogen-bond acceptors (Lipinski definition) is 3. The zero-order valence-corrected chi connectivity index (χ0v) is 14.5. The van der Waals surface area contributed by atoms with Gasteiger partial charge in [-0.3, -0.25) is 9.69 Å². The van der Waals surface area contributed by atoms with Gasteiger partial charge in [0.05, 0.1) is 4.91 Å². The largest absolute Gasteiger partial charge is 0.293 e. The molecule has 20 heavy (non-hydrogen) atoms. The number of nitrogens with zero attached hydrogens (tertiary/aromatic N) is 1. The highest BCUT2D eigenvalue weighted by atomic mass is 79.9. The third-order valence-electron chi connectivity index (χ3n) is 3.01. The van der Waals surface area contributed by atoms with Crippen LogP contribution in [0.1, 0.15) is 31.7 Å². The smallest absolute Gasteiger partial charge is 0.266 e. The summed E-state index contributed by atoms with van der Waals surface area (Å²) in [6.07, 6.45) is 5.18. The standard InChI is InChI=1S/C15H16BrNOS2/c1-2-3-4-8-17-14(18)13(20-15(17)19)10-11-6-5-7-12(16)9-11/h5-7,9-10H,2-4,8H2,1H3/b13-10+. The van der Waals surface area contributed by atoms with Gasteiger partial charge in [-0.15, -0.1) is 0 Å². The Morgan fingerprint density at radius 3 is 2.90 bits per heavy atom. The molecule has 0 aromatic heterocycles. The number of hydrogen-bond donors (Lipinski definition) is 0. The number of carbonyl (C=O) groups is 1. The normalized spacial score (nSPS) is 17.3. The van der Waals surface area contributed by atoms with Crippen molar-refractivity contribution >= 4 is 56.2 Å². The molecule has 1 amide bonds. The van der Waals surface area contributed by atoms with E-state index in [0.29, 0.717) is 9.23 Å². The molecule has 1 saturated heterocycles. The minimum Gasteiger partial charge on any atom is -0.293 e. The topological polar surface area (TPSA) is 20.3 Å². The maximum atomic E-state index is 12.3. The van der Waals surface area contributed by atoms with Crippen LogP contribution < -0.4 is 0 Å². The monoisotopic (exact) mass is 369 g/mol. The number of thioether (sulfide) groups is 1. The maximum absolute atomic E-state index is 12.3. The minimum absolute atomic E-state index is 0.0380. The zero-order chi connectivity index (χ0) is 14.5. The second-order valence-electron chi connectivity index (χ2n) is 4.60. The summed E-state index contributed by atoms with van der Waals surface area (Å²) in [4.78, 5) is 14.8. The van der Waals surface area contributed by atoms with Crippen molar-refractivity contribution in [1.29, 1.82) is 0 Å². The molecule has 1 fully saturated rings.